The summed E-state index contributed by atoms with van der Waals surface area (Å²) in [6, 6.07) is 10.8. The topological polar surface area (TPSA) is 73.3 Å². The zero-order chi connectivity index (χ0) is 13.2. The van der Waals surface area contributed by atoms with Gasteiger partial charge >= 0.3 is 5.00 Å². The van der Waals surface area contributed by atoms with E-state index in [0.717, 1.165) is 27.2 Å². The summed E-state index contributed by atoms with van der Waals surface area (Å²) in [4.78, 5) is 15.1. The zero-order valence-corrected chi connectivity index (χ0v) is 10.4. The molecule has 0 aliphatic heterocycles. The van der Waals surface area contributed by atoms with Crippen molar-refractivity contribution in [1.82, 2.24) is 9.66 Å². The Morgan fingerprint density at radius 3 is 2.95 bits per heavy atom. The molecule has 0 spiro atoms. The minimum Gasteiger partial charge on any atom is -0.258 e. The summed E-state index contributed by atoms with van der Waals surface area (Å²) in [6.07, 6.45) is 3.20. The fourth-order valence-corrected chi connectivity index (χ4v) is 2.36. The average Bonchev–Trinajstić information content (AvgIpc) is 3.03. The number of aromatic nitrogens is 2. The molecule has 2 heterocycles. The Labute approximate surface area is 111 Å². The number of imidazole rings is 1. The summed E-state index contributed by atoms with van der Waals surface area (Å²) in [7, 11) is 0. The second-order valence-electron chi connectivity index (χ2n) is 3.76. The minimum absolute atomic E-state index is 0.108. The van der Waals surface area contributed by atoms with E-state index in [-0.39, 0.29) is 5.00 Å². The number of hydrogen-bond donors (Lipinski definition) is 0. The molecule has 19 heavy (non-hydrogen) atoms. The normalized spacial score (nSPS) is 11.4. The lowest BCUT2D eigenvalue weighted by Gasteiger charge is -1.93. The Kier molecular flexibility index (Phi) is 2.81. The summed E-state index contributed by atoms with van der Waals surface area (Å²) in [5.41, 5.74) is 1.75. The van der Waals surface area contributed by atoms with Crippen LogP contribution in [0, 0.1) is 10.1 Å². The van der Waals surface area contributed by atoms with Crippen LogP contribution in [-0.2, 0) is 0 Å². The van der Waals surface area contributed by atoms with E-state index in [9.17, 15) is 10.1 Å². The minimum atomic E-state index is -0.408. The first kappa shape index (κ1) is 11.5. The highest BCUT2D eigenvalue weighted by Gasteiger charge is 2.08. The van der Waals surface area contributed by atoms with E-state index in [1.807, 2.05) is 24.3 Å². The number of rotatable bonds is 3. The van der Waals surface area contributed by atoms with Crippen LogP contribution in [0.2, 0.25) is 0 Å². The highest BCUT2D eigenvalue weighted by Crippen LogP contribution is 2.22. The number of nitrogens with zero attached hydrogens (tertiary/aromatic N) is 4. The lowest BCUT2D eigenvalue weighted by molar-refractivity contribution is -0.380. The van der Waals surface area contributed by atoms with Crippen molar-refractivity contribution in [3.8, 4) is 0 Å². The third-order valence-electron chi connectivity index (χ3n) is 2.54. The molecule has 3 rings (SSSR count). The molecule has 94 valence electrons. The molecule has 0 N–H and O–H groups in total. The highest BCUT2D eigenvalue weighted by molar-refractivity contribution is 7.16. The van der Waals surface area contributed by atoms with Gasteiger partial charge in [-0.25, -0.2) is 9.66 Å². The number of nitro groups is 1. The molecule has 3 aromatic rings. The van der Waals surface area contributed by atoms with Crippen LogP contribution in [0.5, 0.6) is 0 Å². The van der Waals surface area contributed by atoms with Crippen LogP contribution < -0.4 is 0 Å². The quantitative estimate of drug-likeness (QED) is 0.418. The Balaban J connectivity index is 1.91. The Morgan fingerprint density at radius 2 is 2.16 bits per heavy atom. The maximum Gasteiger partial charge on any atom is 0.324 e. The van der Waals surface area contributed by atoms with Crippen molar-refractivity contribution >= 4 is 33.6 Å². The van der Waals surface area contributed by atoms with Crippen molar-refractivity contribution in [2.45, 2.75) is 0 Å². The van der Waals surface area contributed by atoms with Crippen LogP contribution in [0.4, 0.5) is 5.00 Å². The van der Waals surface area contributed by atoms with Crippen LogP contribution >= 0.6 is 11.3 Å². The van der Waals surface area contributed by atoms with E-state index in [0.29, 0.717) is 0 Å². The summed E-state index contributed by atoms with van der Waals surface area (Å²) in [6.45, 7) is 0. The molecule has 0 fully saturated rings. The monoisotopic (exact) mass is 272 g/mol. The van der Waals surface area contributed by atoms with E-state index >= 15 is 0 Å². The Morgan fingerprint density at radius 1 is 1.32 bits per heavy atom. The first-order chi connectivity index (χ1) is 9.24. The molecule has 1 aromatic carbocycles. The molecule has 0 amide bonds. The third kappa shape index (κ3) is 2.23. The van der Waals surface area contributed by atoms with Gasteiger partial charge in [0, 0.05) is 6.07 Å². The van der Waals surface area contributed by atoms with E-state index < -0.39 is 4.92 Å². The molecule has 0 aliphatic rings. The van der Waals surface area contributed by atoms with Crippen molar-refractivity contribution in [1.29, 1.82) is 0 Å². The molecule has 7 heteroatoms. The lowest BCUT2D eigenvalue weighted by Crippen LogP contribution is -1.86. The summed E-state index contributed by atoms with van der Waals surface area (Å²) >= 11 is 1.09. The average molecular weight is 272 g/mol. The van der Waals surface area contributed by atoms with E-state index in [4.69, 9.17) is 0 Å². The Hall–Kier alpha value is -2.54. The smallest absolute Gasteiger partial charge is 0.258 e. The van der Waals surface area contributed by atoms with Crippen LogP contribution in [0.25, 0.3) is 11.0 Å². The van der Waals surface area contributed by atoms with Crippen LogP contribution in [0.3, 0.4) is 0 Å². The number of benzene rings is 1. The molecule has 0 atom stereocenters. The molecular formula is C12H8N4O2S. The van der Waals surface area contributed by atoms with Crippen molar-refractivity contribution in [3.63, 3.8) is 0 Å². The van der Waals surface area contributed by atoms with Crippen molar-refractivity contribution in [3.05, 3.63) is 57.7 Å². The van der Waals surface area contributed by atoms with E-state index in [1.165, 1.54) is 6.07 Å². The number of hydrogen-bond acceptors (Lipinski definition) is 5. The molecule has 2 aromatic heterocycles. The molecule has 0 saturated heterocycles. The van der Waals surface area contributed by atoms with Gasteiger partial charge in [-0.05, 0) is 18.2 Å². The molecule has 0 unspecified atom stereocenters. The summed E-state index contributed by atoms with van der Waals surface area (Å²) in [5, 5.41) is 14.9. The van der Waals surface area contributed by atoms with Gasteiger partial charge in [-0.15, -0.1) is 0 Å². The van der Waals surface area contributed by atoms with E-state index in [1.54, 1.807) is 23.3 Å². The van der Waals surface area contributed by atoms with Gasteiger partial charge in [-0.3, -0.25) is 10.1 Å². The predicted molar refractivity (Wildman–Crippen MR) is 73.7 cm³/mol. The van der Waals surface area contributed by atoms with Gasteiger partial charge in [-0.1, -0.05) is 23.5 Å². The fraction of sp³-hybridized carbons (Fsp3) is 0. The lowest BCUT2D eigenvalue weighted by atomic mass is 10.3. The molecular weight excluding hydrogens is 264 g/mol. The van der Waals surface area contributed by atoms with Crippen LogP contribution in [-0.4, -0.2) is 20.8 Å². The van der Waals surface area contributed by atoms with Crippen molar-refractivity contribution in [2.24, 2.45) is 5.10 Å². The summed E-state index contributed by atoms with van der Waals surface area (Å²) < 4.78 is 1.64. The highest BCUT2D eigenvalue weighted by atomic mass is 32.1. The zero-order valence-electron chi connectivity index (χ0n) is 9.63. The second kappa shape index (κ2) is 4.62. The standard InChI is InChI=1S/C12H8N4O2S/c17-16(18)12-6-5-9(19-12)7-14-15-8-13-10-3-1-2-4-11(10)15/h1-8H/b14-7+. The fourth-order valence-electron chi connectivity index (χ4n) is 1.67. The van der Waals surface area contributed by atoms with Crippen molar-refractivity contribution in [2.75, 3.05) is 0 Å². The molecule has 0 aliphatic carbocycles. The van der Waals surface area contributed by atoms with Gasteiger partial charge in [0.05, 0.1) is 27.0 Å². The molecule has 0 radical (unpaired) electrons. The molecule has 6 nitrogen and oxygen atoms in total. The van der Waals surface area contributed by atoms with Gasteiger partial charge in [-0.2, -0.15) is 5.10 Å². The Bertz CT molecular complexity index is 775. The van der Waals surface area contributed by atoms with Gasteiger partial charge in [0.1, 0.15) is 6.33 Å². The van der Waals surface area contributed by atoms with Gasteiger partial charge in [0.2, 0.25) is 0 Å². The SMILES string of the molecule is O=[N+]([O-])c1ccc(/C=N/n2cnc3ccccc32)s1. The van der Waals surface area contributed by atoms with Gasteiger partial charge in [0.15, 0.2) is 0 Å². The van der Waals surface area contributed by atoms with E-state index in [2.05, 4.69) is 10.1 Å². The first-order valence-corrected chi connectivity index (χ1v) is 6.26. The van der Waals surface area contributed by atoms with Gasteiger partial charge in [0.25, 0.3) is 0 Å². The maximum atomic E-state index is 10.6. The number of thiophene rings is 1. The molecule has 0 bridgehead atoms. The maximum absolute atomic E-state index is 10.6. The van der Waals surface area contributed by atoms with Gasteiger partial charge < -0.3 is 0 Å². The molecule has 0 saturated carbocycles. The summed E-state index contributed by atoms with van der Waals surface area (Å²) in [5.74, 6) is 0. The second-order valence-corrected chi connectivity index (χ2v) is 4.85. The third-order valence-corrected chi connectivity index (χ3v) is 3.51. The van der Waals surface area contributed by atoms with Crippen LogP contribution in [0.1, 0.15) is 4.88 Å². The largest absolute Gasteiger partial charge is 0.324 e. The number of fused-ring (bicyclic) bond motifs is 1. The first-order valence-electron chi connectivity index (χ1n) is 5.45. The predicted octanol–water partition coefficient (Wildman–Crippen LogP) is 2.89. The van der Waals surface area contributed by atoms with Crippen LogP contribution in [0.15, 0.2) is 47.8 Å². The number of para-hydroxylation sites is 2. The van der Waals surface area contributed by atoms with Crippen molar-refractivity contribution < 1.29 is 4.92 Å².